The Kier molecular flexibility index (Phi) is 12.4. The summed E-state index contributed by atoms with van der Waals surface area (Å²) in [6.07, 6.45) is 4.48. The van der Waals surface area contributed by atoms with Crippen molar-refractivity contribution in [2.45, 2.75) is 83.5 Å². The predicted molar refractivity (Wildman–Crippen MR) is 160 cm³/mol. The van der Waals surface area contributed by atoms with E-state index in [1.54, 1.807) is 19.1 Å². The van der Waals surface area contributed by atoms with Crippen LogP contribution in [0.25, 0.3) is 0 Å². The van der Waals surface area contributed by atoms with E-state index in [0.29, 0.717) is 36.6 Å². The van der Waals surface area contributed by atoms with Crippen molar-refractivity contribution in [1.82, 2.24) is 21.3 Å². The number of benzene rings is 2. The van der Waals surface area contributed by atoms with Crippen LogP contribution in [0.1, 0.15) is 80.3 Å². The van der Waals surface area contributed by atoms with Crippen molar-refractivity contribution in [3.8, 4) is 0 Å². The number of hydrogen-bond donors (Lipinski definition) is 5. The summed E-state index contributed by atoms with van der Waals surface area (Å²) in [4.78, 5) is 39.3. The lowest BCUT2D eigenvalue weighted by molar-refractivity contribution is -0.130. The van der Waals surface area contributed by atoms with Gasteiger partial charge in [0, 0.05) is 42.2 Å². The zero-order valence-corrected chi connectivity index (χ0v) is 24.6. The topological polar surface area (TPSA) is 125 Å². The molecule has 218 valence electrons. The van der Waals surface area contributed by atoms with E-state index in [9.17, 15) is 14.4 Å². The van der Waals surface area contributed by atoms with Crippen molar-refractivity contribution in [2.24, 2.45) is 11.7 Å². The Morgan fingerprint density at radius 1 is 0.975 bits per heavy atom. The van der Waals surface area contributed by atoms with Gasteiger partial charge in [-0.1, -0.05) is 62.6 Å². The number of halogens is 1. The first-order valence-corrected chi connectivity index (χ1v) is 14.7. The van der Waals surface area contributed by atoms with Crippen molar-refractivity contribution in [3.63, 3.8) is 0 Å². The van der Waals surface area contributed by atoms with Crippen molar-refractivity contribution in [3.05, 3.63) is 70.2 Å². The number of hydrogen-bond acceptors (Lipinski definition) is 5. The molecule has 6 N–H and O–H groups in total. The van der Waals surface area contributed by atoms with Gasteiger partial charge in [-0.25, -0.2) is 0 Å². The zero-order chi connectivity index (χ0) is 29.1. The van der Waals surface area contributed by atoms with Crippen LogP contribution >= 0.6 is 11.6 Å². The Morgan fingerprint density at radius 3 is 2.38 bits per heavy atom. The minimum atomic E-state index is -0.810. The average Bonchev–Trinajstić information content (AvgIpc) is 2.93. The zero-order valence-electron chi connectivity index (χ0n) is 23.8. The number of nitrogens with one attached hydrogen (secondary N) is 4. The van der Waals surface area contributed by atoms with Crippen LogP contribution < -0.4 is 27.0 Å². The Labute approximate surface area is 243 Å². The molecule has 2 aromatic rings. The van der Waals surface area contributed by atoms with Crippen molar-refractivity contribution in [1.29, 1.82) is 0 Å². The predicted octanol–water partition coefficient (Wildman–Crippen LogP) is 3.88. The lowest BCUT2D eigenvalue weighted by Gasteiger charge is -2.34. The lowest BCUT2D eigenvalue weighted by atomic mass is 9.80. The standard InChI is InChI=1S/C31H44ClN5O3/c1-20(2)17-28(31(40)36-27-10-5-4-9-26(27)24-7-6-8-25(32)18-24)37-29(38)21(3)35-30(39)23-13-11-22(12-14-23)19-34-16-15-33/h6-8,11-14,18,20-21,26-28,34H,4-5,9-10,15-17,19,33H2,1-3H3,(H,35,39)(H,36,40)(H,37,38)/t21?,26?,27-,28+/m1/s1. The fourth-order valence-corrected chi connectivity index (χ4v) is 5.38. The molecule has 0 aliphatic heterocycles. The molecule has 40 heavy (non-hydrogen) atoms. The molecule has 1 fully saturated rings. The van der Waals surface area contributed by atoms with Crippen LogP contribution in [0.4, 0.5) is 0 Å². The van der Waals surface area contributed by atoms with Gasteiger partial charge in [0.15, 0.2) is 0 Å². The van der Waals surface area contributed by atoms with Crippen LogP contribution in [0.15, 0.2) is 48.5 Å². The van der Waals surface area contributed by atoms with E-state index in [4.69, 9.17) is 17.3 Å². The Balaban J connectivity index is 1.60. The second-order valence-corrected chi connectivity index (χ2v) is 11.5. The SMILES string of the molecule is CC(C)C[C@H](NC(=O)C(C)NC(=O)c1ccc(CNCCN)cc1)C(=O)N[C@@H]1CCCCC1c1cccc(Cl)c1. The summed E-state index contributed by atoms with van der Waals surface area (Å²) in [5.41, 5.74) is 8.12. The molecule has 8 nitrogen and oxygen atoms in total. The molecule has 3 rings (SSSR count). The average molecular weight is 570 g/mol. The van der Waals surface area contributed by atoms with Gasteiger partial charge in [0.05, 0.1) is 0 Å². The number of nitrogens with two attached hydrogens (primary N) is 1. The minimum Gasteiger partial charge on any atom is -0.351 e. The van der Waals surface area contributed by atoms with Gasteiger partial charge in [0.25, 0.3) is 5.91 Å². The van der Waals surface area contributed by atoms with Crippen LogP contribution in [-0.4, -0.2) is 48.9 Å². The van der Waals surface area contributed by atoms with Crippen molar-refractivity contribution in [2.75, 3.05) is 13.1 Å². The van der Waals surface area contributed by atoms with E-state index in [2.05, 4.69) is 27.3 Å². The Hall–Kier alpha value is -2.94. The third-order valence-electron chi connectivity index (χ3n) is 7.32. The third-order valence-corrected chi connectivity index (χ3v) is 7.55. The number of rotatable bonds is 13. The second-order valence-electron chi connectivity index (χ2n) is 11.1. The van der Waals surface area contributed by atoms with E-state index in [1.165, 1.54) is 0 Å². The molecule has 0 heterocycles. The molecule has 1 aliphatic carbocycles. The smallest absolute Gasteiger partial charge is 0.251 e. The fraction of sp³-hybridized carbons (Fsp3) is 0.516. The number of carbonyl (C=O) groups is 3. The van der Waals surface area contributed by atoms with Crippen molar-refractivity contribution < 1.29 is 14.4 Å². The maximum Gasteiger partial charge on any atom is 0.251 e. The molecule has 2 unspecified atom stereocenters. The highest BCUT2D eigenvalue weighted by Gasteiger charge is 2.31. The number of amides is 3. The molecule has 3 amide bonds. The van der Waals surface area contributed by atoms with Crippen molar-refractivity contribution >= 4 is 29.3 Å². The highest BCUT2D eigenvalue weighted by Crippen LogP contribution is 2.34. The lowest BCUT2D eigenvalue weighted by Crippen LogP contribution is -2.55. The second kappa shape index (κ2) is 15.7. The third kappa shape index (κ3) is 9.61. The van der Waals surface area contributed by atoms with E-state index in [1.807, 2.05) is 44.2 Å². The van der Waals surface area contributed by atoms with E-state index in [0.717, 1.165) is 36.8 Å². The summed E-state index contributed by atoms with van der Waals surface area (Å²) in [6.45, 7) is 7.60. The molecular formula is C31H44ClN5O3. The molecule has 4 atom stereocenters. The molecule has 0 spiro atoms. The van der Waals surface area contributed by atoms with Gasteiger partial charge in [-0.05, 0) is 67.5 Å². The maximum absolute atomic E-state index is 13.5. The first kappa shape index (κ1) is 31.6. The molecular weight excluding hydrogens is 526 g/mol. The summed E-state index contributed by atoms with van der Waals surface area (Å²) >= 11 is 6.25. The molecule has 2 aromatic carbocycles. The summed E-state index contributed by atoms with van der Waals surface area (Å²) < 4.78 is 0. The quantitative estimate of drug-likeness (QED) is 0.234. The summed E-state index contributed by atoms with van der Waals surface area (Å²) in [5, 5.41) is 12.8. The Bertz CT molecular complexity index is 1120. The van der Waals surface area contributed by atoms with Gasteiger partial charge in [-0.15, -0.1) is 0 Å². The largest absolute Gasteiger partial charge is 0.351 e. The molecule has 9 heteroatoms. The molecule has 0 saturated heterocycles. The van der Waals surface area contributed by atoms with Gasteiger partial charge in [0.1, 0.15) is 12.1 Å². The number of carbonyl (C=O) groups excluding carboxylic acids is 3. The van der Waals surface area contributed by atoms with E-state index < -0.39 is 18.0 Å². The highest BCUT2D eigenvalue weighted by atomic mass is 35.5. The molecule has 0 radical (unpaired) electrons. The maximum atomic E-state index is 13.5. The fourth-order valence-electron chi connectivity index (χ4n) is 5.18. The first-order chi connectivity index (χ1) is 19.2. The summed E-state index contributed by atoms with van der Waals surface area (Å²) in [7, 11) is 0. The minimum absolute atomic E-state index is 0.0307. The van der Waals surface area contributed by atoms with Gasteiger partial charge >= 0.3 is 0 Å². The first-order valence-electron chi connectivity index (χ1n) is 14.3. The molecule has 1 aliphatic rings. The molecule has 1 saturated carbocycles. The van der Waals surface area contributed by atoms with Crippen LogP contribution in [0.3, 0.4) is 0 Å². The van der Waals surface area contributed by atoms with E-state index >= 15 is 0 Å². The monoisotopic (exact) mass is 569 g/mol. The van der Waals surface area contributed by atoms with Gasteiger partial charge in [-0.3, -0.25) is 14.4 Å². The summed E-state index contributed by atoms with van der Waals surface area (Å²) in [5.74, 6) is -0.576. The van der Waals surface area contributed by atoms with Gasteiger partial charge in [-0.2, -0.15) is 0 Å². The van der Waals surface area contributed by atoms with Crippen LogP contribution in [0.2, 0.25) is 5.02 Å². The highest BCUT2D eigenvalue weighted by molar-refractivity contribution is 6.30. The van der Waals surface area contributed by atoms with E-state index in [-0.39, 0.29) is 29.7 Å². The normalized spacial score (nSPS) is 18.6. The van der Waals surface area contributed by atoms with Gasteiger partial charge in [0.2, 0.25) is 11.8 Å². The van der Waals surface area contributed by atoms with Crippen LogP contribution in [0, 0.1) is 5.92 Å². The Morgan fingerprint density at radius 2 is 1.70 bits per heavy atom. The van der Waals surface area contributed by atoms with Gasteiger partial charge < -0.3 is 27.0 Å². The van der Waals surface area contributed by atoms with Crippen LogP contribution in [-0.2, 0) is 16.1 Å². The summed E-state index contributed by atoms with van der Waals surface area (Å²) in [6, 6.07) is 13.5. The van der Waals surface area contributed by atoms with Crippen LogP contribution in [0.5, 0.6) is 0 Å². The molecule has 0 aromatic heterocycles. The molecule has 0 bridgehead atoms.